The fourth-order valence-corrected chi connectivity index (χ4v) is 1.74. The highest BCUT2D eigenvalue weighted by Crippen LogP contribution is 2.25. The lowest BCUT2D eigenvalue weighted by molar-refractivity contribution is 0.0697. The summed E-state index contributed by atoms with van der Waals surface area (Å²) >= 11 is 5.80. The molecule has 4 heteroatoms. The number of anilines is 1. The molecule has 0 aliphatic carbocycles. The van der Waals surface area contributed by atoms with E-state index in [4.69, 9.17) is 22.4 Å². The van der Waals surface area contributed by atoms with Crippen LogP contribution in [0.25, 0.3) is 11.1 Å². The van der Waals surface area contributed by atoms with E-state index in [0.717, 1.165) is 11.1 Å². The van der Waals surface area contributed by atoms with Gasteiger partial charge in [0.15, 0.2) is 0 Å². The first-order valence-electron chi connectivity index (χ1n) is 4.96. The van der Waals surface area contributed by atoms with E-state index in [1.165, 1.54) is 0 Å². The number of carboxylic acid groups (broad SMARTS) is 1. The van der Waals surface area contributed by atoms with Crippen LogP contribution < -0.4 is 5.73 Å². The van der Waals surface area contributed by atoms with Gasteiger partial charge in [0.25, 0.3) is 0 Å². The number of hydrogen-bond acceptors (Lipinski definition) is 2. The summed E-state index contributed by atoms with van der Waals surface area (Å²) in [6, 6.07) is 12.1. The number of carboxylic acids is 1. The van der Waals surface area contributed by atoms with Crippen molar-refractivity contribution in [1.82, 2.24) is 0 Å². The maximum Gasteiger partial charge on any atom is 0.337 e. The van der Waals surface area contributed by atoms with Crippen LogP contribution in [0.1, 0.15) is 10.4 Å². The largest absolute Gasteiger partial charge is 0.478 e. The molecule has 17 heavy (non-hydrogen) atoms. The number of hydrogen-bond donors (Lipinski definition) is 2. The third-order valence-electron chi connectivity index (χ3n) is 2.44. The van der Waals surface area contributed by atoms with Gasteiger partial charge < -0.3 is 10.8 Å². The summed E-state index contributed by atoms with van der Waals surface area (Å²) in [5, 5.41) is 9.21. The molecule has 0 aliphatic heterocycles. The molecule has 0 aromatic heterocycles. The quantitative estimate of drug-likeness (QED) is 0.801. The Hall–Kier alpha value is -2.00. The summed E-state index contributed by atoms with van der Waals surface area (Å²) in [5.74, 6) is -1.03. The minimum absolute atomic E-state index is 0.0981. The maximum absolute atomic E-state index is 11.0. The van der Waals surface area contributed by atoms with Gasteiger partial charge in [-0.05, 0) is 35.4 Å². The maximum atomic E-state index is 11.0. The second-order valence-corrected chi connectivity index (χ2v) is 4.03. The van der Waals surface area contributed by atoms with Crippen LogP contribution in [0.3, 0.4) is 0 Å². The Morgan fingerprint density at radius 3 is 2.24 bits per heavy atom. The van der Waals surface area contributed by atoms with E-state index in [0.29, 0.717) is 5.69 Å². The van der Waals surface area contributed by atoms with Crippen molar-refractivity contribution >= 4 is 23.3 Å². The zero-order chi connectivity index (χ0) is 12.4. The van der Waals surface area contributed by atoms with Crippen molar-refractivity contribution in [3.8, 4) is 11.1 Å². The summed E-state index contributed by atoms with van der Waals surface area (Å²) in [4.78, 5) is 11.0. The first-order chi connectivity index (χ1) is 8.08. The topological polar surface area (TPSA) is 63.3 Å². The molecule has 0 heterocycles. The molecular formula is C13H10ClNO2. The van der Waals surface area contributed by atoms with Gasteiger partial charge >= 0.3 is 5.97 Å². The molecule has 3 nitrogen and oxygen atoms in total. The second kappa shape index (κ2) is 4.47. The molecule has 2 rings (SSSR count). The lowest BCUT2D eigenvalue weighted by Crippen LogP contribution is -1.97. The number of aromatic carboxylic acids is 1. The first kappa shape index (κ1) is 11.5. The van der Waals surface area contributed by atoms with E-state index in [1.807, 2.05) is 12.1 Å². The van der Waals surface area contributed by atoms with E-state index < -0.39 is 5.97 Å². The van der Waals surface area contributed by atoms with Gasteiger partial charge in [0, 0.05) is 5.69 Å². The zero-order valence-electron chi connectivity index (χ0n) is 8.85. The van der Waals surface area contributed by atoms with Gasteiger partial charge in [-0.15, -0.1) is 0 Å². The van der Waals surface area contributed by atoms with Gasteiger partial charge in [-0.1, -0.05) is 29.8 Å². The SMILES string of the molecule is Nc1ccc(-c2ccc(Cl)c(C(=O)O)c2)cc1. The van der Waals surface area contributed by atoms with Crippen molar-refractivity contribution in [1.29, 1.82) is 0 Å². The van der Waals surface area contributed by atoms with Crippen molar-refractivity contribution < 1.29 is 9.90 Å². The minimum atomic E-state index is -1.03. The number of nitrogen functional groups attached to an aromatic ring is 1. The highest BCUT2D eigenvalue weighted by molar-refractivity contribution is 6.33. The Morgan fingerprint density at radius 1 is 1.06 bits per heavy atom. The van der Waals surface area contributed by atoms with E-state index in [9.17, 15) is 4.79 Å². The molecule has 86 valence electrons. The molecule has 0 spiro atoms. The van der Waals surface area contributed by atoms with Crippen LogP contribution >= 0.6 is 11.6 Å². The second-order valence-electron chi connectivity index (χ2n) is 3.62. The molecule has 0 fully saturated rings. The van der Waals surface area contributed by atoms with Crippen LogP contribution in [0.2, 0.25) is 5.02 Å². The number of carbonyl (C=O) groups is 1. The van der Waals surface area contributed by atoms with Gasteiger partial charge in [0.1, 0.15) is 0 Å². The van der Waals surface area contributed by atoms with Crippen molar-refractivity contribution in [2.75, 3.05) is 5.73 Å². The molecule has 0 aliphatic rings. The molecule has 0 amide bonds. The molecule has 0 saturated heterocycles. The molecule has 0 bridgehead atoms. The third-order valence-corrected chi connectivity index (χ3v) is 2.77. The smallest absolute Gasteiger partial charge is 0.337 e. The Labute approximate surface area is 103 Å². The monoisotopic (exact) mass is 247 g/mol. The van der Waals surface area contributed by atoms with E-state index in [1.54, 1.807) is 30.3 Å². The van der Waals surface area contributed by atoms with Gasteiger partial charge in [0.05, 0.1) is 10.6 Å². The molecule has 0 saturated carbocycles. The Kier molecular flexibility index (Phi) is 3.02. The minimum Gasteiger partial charge on any atom is -0.478 e. The van der Waals surface area contributed by atoms with E-state index in [2.05, 4.69) is 0 Å². The van der Waals surface area contributed by atoms with Gasteiger partial charge in [0.2, 0.25) is 0 Å². The number of halogens is 1. The lowest BCUT2D eigenvalue weighted by Gasteiger charge is -2.05. The summed E-state index contributed by atoms with van der Waals surface area (Å²) in [6.07, 6.45) is 0. The molecular weight excluding hydrogens is 238 g/mol. The molecule has 0 radical (unpaired) electrons. The summed E-state index contributed by atoms with van der Waals surface area (Å²) < 4.78 is 0. The molecule has 2 aromatic carbocycles. The molecule has 0 atom stereocenters. The molecule has 0 unspecified atom stereocenters. The van der Waals surface area contributed by atoms with Crippen LogP contribution in [0.15, 0.2) is 42.5 Å². The van der Waals surface area contributed by atoms with Crippen LogP contribution in [0.4, 0.5) is 5.69 Å². The van der Waals surface area contributed by atoms with Crippen LogP contribution in [-0.2, 0) is 0 Å². The van der Waals surface area contributed by atoms with Gasteiger partial charge in [-0.3, -0.25) is 0 Å². The van der Waals surface area contributed by atoms with Gasteiger partial charge in [-0.25, -0.2) is 4.79 Å². The summed E-state index contributed by atoms with van der Waals surface area (Å²) in [7, 11) is 0. The normalized spacial score (nSPS) is 10.2. The average molecular weight is 248 g/mol. The van der Waals surface area contributed by atoms with Crippen LogP contribution in [0.5, 0.6) is 0 Å². The molecule has 3 N–H and O–H groups in total. The summed E-state index contributed by atoms with van der Waals surface area (Å²) in [5.41, 5.74) is 8.06. The zero-order valence-corrected chi connectivity index (χ0v) is 9.61. The third kappa shape index (κ3) is 2.40. The van der Waals surface area contributed by atoms with E-state index >= 15 is 0 Å². The Bertz CT molecular complexity index is 564. The molecule has 2 aromatic rings. The van der Waals surface area contributed by atoms with Crippen LogP contribution in [0, 0.1) is 0 Å². The average Bonchev–Trinajstić information content (AvgIpc) is 2.30. The Morgan fingerprint density at radius 2 is 1.65 bits per heavy atom. The number of rotatable bonds is 2. The fourth-order valence-electron chi connectivity index (χ4n) is 1.54. The highest BCUT2D eigenvalue weighted by Gasteiger charge is 2.09. The summed E-state index contributed by atoms with van der Waals surface area (Å²) in [6.45, 7) is 0. The lowest BCUT2D eigenvalue weighted by atomic mass is 10.0. The van der Waals surface area contributed by atoms with Crippen molar-refractivity contribution in [3.63, 3.8) is 0 Å². The standard InChI is InChI=1S/C13H10ClNO2/c14-12-6-3-9(7-11(12)13(16)17)8-1-4-10(15)5-2-8/h1-7H,15H2,(H,16,17). The predicted molar refractivity (Wildman–Crippen MR) is 68.3 cm³/mol. The van der Waals surface area contributed by atoms with Crippen LogP contribution in [-0.4, -0.2) is 11.1 Å². The van der Waals surface area contributed by atoms with Gasteiger partial charge in [-0.2, -0.15) is 0 Å². The van der Waals surface area contributed by atoms with Crippen molar-refractivity contribution in [3.05, 3.63) is 53.1 Å². The predicted octanol–water partition coefficient (Wildman–Crippen LogP) is 3.29. The highest BCUT2D eigenvalue weighted by atomic mass is 35.5. The van der Waals surface area contributed by atoms with Crippen molar-refractivity contribution in [2.45, 2.75) is 0 Å². The Balaban J connectivity index is 2.50. The number of nitrogens with two attached hydrogens (primary N) is 1. The fraction of sp³-hybridized carbons (Fsp3) is 0. The number of benzene rings is 2. The first-order valence-corrected chi connectivity index (χ1v) is 5.34. The van der Waals surface area contributed by atoms with E-state index in [-0.39, 0.29) is 10.6 Å². The van der Waals surface area contributed by atoms with Crippen molar-refractivity contribution in [2.24, 2.45) is 0 Å².